The van der Waals surface area contributed by atoms with Crippen molar-refractivity contribution in [3.05, 3.63) is 77.0 Å². The van der Waals surface area contributed by atoms with E-state index in [1.54, 1.807) is 36.4 Å². The largest absolute Gasteiger partial charge is 0.457 e. The number of fused-ring (bicyclic) bond motifs is 1. The second-order valence-electron chi connectivity index (χ2n) is 6.82. The predicted molar refractivity (Wildman–Crippen MR) is 98.9 cm³/mol. The first kappa shape index (κ1) is 21.0. The number of aromatic nitrogens is 2. The SMILES string of the molecule is OCc1ccc(-c2nn(Cc3ccc(C(F)(F)F)c(C(F)(F)F)c3)c3ccccc23)o1. The number of furan rings is 1. The first-order valence-corrected chi connectivity index (χ1v) is 9.00. The summed E-state index contributed by atoms with van der Waals surface area (Å²) in [5, 5.41) is 14.2. The van der Waals surface area contributed by atoms with Crippen LogP contribution in [0.15, 0.2) is 59.0 Å². The molecule has 4 nitrogen and oxygen atoms in total. The van der Waals surface area contributed by atoms with Crippen molar-refractivity contribution in [1.29, 1.82) is 0 Å². The zero-order valence-corrected chi connectivity index (χ0v) is 15.6. The van der Waals surface area contributed by atoms with Crippen LogP contribution in [0.25, 0.3) is 22.4 Å². The fourth-order valence-electron chi connectivity index (χ4n) is 3.36. The Bertz CT molecular complexity index is 1240. The van der Waals surface area contributed by atoms with Crippen LogP contribution in [0.5, 0.6) is 0 Å². The lowest BCUT2D eigenvalue weighted by Gasteiger charge is -2.16. The average Bonchev–Trinajstić information content (AvgIpc) is 3.31. The fourth-order valence-corrected chi connectivity index (χ4v) is 3.36. The molecule has 0 radical (unpaired) electrons. The van der Waals surface area contributed by atoms with Crippen LogP contribution in [-0.4, -0.2) is 14.9 Å². The zero-order valence-electron chi connectivity index (χ0n) is 15.6. The molecule has 0 saturated carbocycles. The first-order valence-electron chi connectivity index (χ1n) is 9.00. The van der Waals surface area contributed by atoms with Crippen molar-refractivity contribution in [2.24, 2.45) is 0 Å². The Hall–Kier alpha value is -3.27. The quantitative estimate of drug-likeness (QED) is 0.404. The van der Waals surface area contributed by atoms with Gasteiger partial charge in [-0.1, -0.05) is 24.3 Å². The molecule has 2 aromatic carbocycles. The Labute approximate surface area is 171 Å². The molecule has 2 heterocycles. The number of halogens is 6. The number of rotatable bonds is 4. The molecule has 10 heteroatoms. The summed E-state index contributed by atoms with van der Waals surface area (Å²) in [7, 11) is 0. The molecular formula is C21H14F6N2O2. The van der Waals surface area contributed by atoms with Gasteiger partial charge in [-0.2, -0.15) is 31.4 Å². The standard InChI is InChI=1S/C21H14F6N2O2/c22-20(23,24)15-7-5-12(9-16(15)21(25,26)27)10-29-17-4-2-1-3-14(17)19(28-29)18-8-6-13(11-30)31-18/h1-9,30H,10-11H2. The molecule has 162 valence electrons. The molecule has 0 saturated heterocycles. The lowest BCUT2D eigenvalue weighted by molar-refractivity contribution is -0.162. The normalized spacial score (nSPS) is 12.6. The van der Waals surface area contributed by atoms with E-state index >= 15 is 0 Å². The summed E-state index contributed by atoms with van der Waals surface area (Å²) < 4.78 is 85.7. The number of aliphatic hydroxyl groups is 1. The molecule has 0 aliphatic carbocycles. The highest BCUT2D eigenvalue weighted by molar-refractivity contribution is 5.92. The van der Waals surface area contributed by atoms with Gasteiger partial charge in [0.25, 0.3) is 0 Å². The van der Waals surface area contributed by atoms with Crippen LogP contribution in [0, 0.1) is 0 Å². The van der Waals surface area contributed by atoms with Crippen LogP contribution >= 0.6 is 0 Å². The predicted octanol–water partition coefficient (Wildman–Crippen LogP) is 5.87. The van der Waals surface area contributed by atoms with Gasteiger partial charge in [0.1, 0.15) is 18.1 Å². The van der Waals surface area contributed by atoms with Gasteiger partial charge < -0.3 is 9.52 Å². The molecule has 4 aromatic rings. The summed E-state index contributed by atoms with van der Waals surface area (Å²) in [6.45, 7) is -0.500. The van der Waals surface area contributed by atoms with E-state index in [-0.39, 0.29) is 18.7 Å². The molecule has 2 aromatic heterocycles. The number of alkyl halides is 6. The van der Waals surface area contributed by atoms with E-state index in [2.05, 4.69) is 5.10 Å². The monoisotopic (exact) mass is 440 g/mol. The van der Waals surface area contributed by atoms with E-state index in [4.69, 9.17) is 4.42 Å². The number of hydrogen-bond acceptors (Lipinski definition) is 3. The van der Waals surface area contributed by atoms with Crippen LogP contribution in [0.1, 0.15) is 22.5 Å². The van der Waals surface area contributed by atoms with E-state index in [9.17, 15) is 31.4 Å². The van der Waals surface area contributed by atoms with Gasteiger partial charge in [-0.25, -0.2) is 0 Å². The van der Waals surface area contributed by atoms with Gasteiger partial charge in [0.15, 0.2) is 5.76 Å². The van der Waals surface area contributed by atoms with Gasteiger partial charge in [-0.3, -0.25) is 4.68 Å². The van der Waals surface area contributed by atoms with Gasteiger partial charge in [-0.15, -0.1) is 0 Å². The number of nitrogens with zero attached hydrogens (tertiary/aromatic N) is 2. The molecule has 0 spiro atoms. The van der Waals surface area contributed by atoms with E-state index in [1.807, 2.05) is 0 Å². The molecular weight excluding hydrogens is 426 g/mol. The van der Waals surface area contributed by atoms with Crippen molar-refractivity contribution in [3.63, 3.8) is 0 Å². The summed E-state index contributed by atoms with van der Waals surface area (Å²) >= 11 is 0. The van der Waals surface area contributed by atoms with Crippen molar-refractivity contribution < 1.29 is 35.9 Å². The maximum absolute atomic E-state index is 13.3. The highest BCUT2D eigenvalue weighted by atomic mass is 19.4. The van der Waals surface area contributed by atoms with Crippen LogP contribution < -0.4 is 0 Å². The summed E-state index contributed by atoms with van der Waals surface area (Å²) in [6, 6.07) is 12.0. The van der Waals surface area contributed by atoms with E-state index < -0.39 is 23.5 Å². The Morgan fingerprint density at radius 3 is 2.23 bits per heavy atom. The molecule has 0 atom stereocenters. The van der Waals surface area contributed by atoms with Crippen LogP contribution in [0.2, 0.25) is 0 Å². The molecule has 4 rings (SSSR count). The third-order valence-corrected chi connectivity index (χ3v) is 4.74. The van der Waals surface area contributed by atoms with Crippen molar-refractivity contribution in [2.75, 3.05) is 0 Å². The molecule has 0 bridgehead atoms. The second kappa shape index (κ2) is 7.45. The Morgan fingerprint density at radius 2 is 1.58 bits per heavy atom. The molecule has 0 aliphatic rings. The minimum Gasteiger partial charge on any atom is -0.457 e. The summed E-state index contributed by atoms with van der Waals surface area (Å²) in [6.07, 6.45) is -10.3. The molecule has 1 N–H and O–H groups in total. The smallest absolute Gasteiger partial charge is 0.417 e. The lowest BCUT2D eigenvalue weighted by Crippen LogP contribution is -2.17. The topological polar surface area (TPSA) is 51.2 Å². The Kier molecular flexibility index (Phi) is 5.04. The summed E-state index contributed by atoms with van der Waals surface area (Å²) in [5.41, 5.74) is -2.50. The fraction of sp³-hybridized carbons (Fsp3) is 0.190. The highest BCUT2D eigenvalue weighted by Gasteiger charge is 2.43. The van der Waals surface area contributed by atoms with Gasteiger partial charge in [0.2, 0.25) is 0 Å². The third kappa shape index (κ3) is 4.02. The van der Waals surface area contributed by atoms with Crippen molar-refractivity contribution >= 4 is 10.9 Å². The summed E-state index contributed by atoms with van der Waals surface area (Å²) in [5.74, 6) is 0.661. The van der Waals surface area contributed by atoms with Crippen molar-refractivity contribution in [2.45, 2.75) is 25.5 Å². The maximum atomic E-state index is 13.3. The maximum Gasteiger partial charge on any atom is 0.417 e. The van der Waals surface area contributed by atoms with Gasteiger partial charge in [0.05, 0.1) is 23.2 Å². The number of benzene rings is 2. The third-order valence-electron chi connectivity index (χ3n) is 4.74. The zero-order chi connectivity index (χ0) is 22.4. The van der Waals surface area contributed by atoms with Gasteiger partial charge in [0, 0.05) is 5.39 Å². The highest BCUT2D eigenvalue weighted by Crippen LogP contribution is 2.41. The number of aliphatic hydroxyl groups excluding tert-OH is 1. The van der Waals surface area contributed by atoms with E-state index in [1.165, 1.54) is 4.68 Å². The molecule has 0 fully saturated rings. The lowest BCUT2D eigenvalue weighted by atomic mass is 10.0. The van der Waals surface area contributed by atoms with Crippen LogP contribution in [0.3, 0.4) is 0 Å². The molecule has 31 heavy (non-hydrogen) atoms. The second-order valence-corrected chi connectivity index (χ2v) is 6.82. The summed E-state index contributed by atoms with van der Waals surface area (Å²) in [4.78, 5) is 0. The average molecular weight is 440 g/mol. The molecule has 0 unspecified atom stereocenters. The Balaban J connectivity index is 1.79. The molecule has 0 amide bonds. The molecule has 0 aliphatic heterocycles. The first-order chi connectivity index (χ1) is 14.6. The van der Waals surface area contributed by atoms with Crippen molar-refractivity contribution in [3.8, 4) is 11.5 Å². The van der Waals surface area contributed by atoms with Crippen LogP contribution in [0.4, 0.5) is 26.3 Å². The minimum atomic E-state index is -5.16. The van der Waals surface area contributed by atoms with Crippen molar-refractivity contribution in [1.82, 2.24) is 9.78 Å². The number of hydrogen-bond donors (Lipinski definition) is 1. The Morgan fingerprint density at radius 1 is 0.871 bits per heavy atom. The minimum absolute atomic E-state index is 0.00983. The van der Waals surface area contributed by atoms with E-state index in [0.717, 1.165) is 6.07 Å². The van der Waals surface area contributed by atoms with Gasteiger partial charge in [-0.05, 0) is 35.9 Å². The van der Waals surface area contributed by atoms with Crippen LogP contribution in [-0.2, 0) is 25.5 Å². The van der Waals surface area contributed by atoms with E-state index in [0.29, 0.717) is 40.3 Å². The number of para-hydroxylation sites is 1. The van der Waals surface area contributed by atoms with Gasteiger partial charge >= 0.3 is 12.4 Å².